The van der Waals surface area contributed by atoms with Crippen LogP contribution in [0.2, 0.25) is 0 Å². The van der Waals surface area contributed by atoms with Gasteiger partial charge in [-0.3, -0.25) is 0 Å². The van der Waals surface area contributed by atoms with Crippen LogP contribution in [0.3, 0.4) is 0 Å². The Morgan fingerprint density at radius 2 is 1.80 bits per heavy atom. The lowest BCUT2D eigenvalue weighted by atomic mass is 10.2. The van der Waals surface area contributed by atoms with Crippen molar-refractivity contribution in [1.29, 1.82) is 0 Å². The van der Waals surface area contributed by atoms with E-state index in [9.17, 15) is 0 Å². The van der Waals surface area contributed by atoms with Crippen LogP contribution in [0, 0.1) is 0 Å². The van der Waals surface area contributed by atoms with Crippen LogP contribution in [0.15, 0.2) is 53.0 Å². The molecule has 0 unspecified atom stereocenters. The number of nitrogen functional groups attached to an aromatic ring is 1. The van der Waals surface area contributed by atoms with E-state index in [0.717, 1.165) is 21.4 Å². The maximum absolute atomic E-state index is 5.88. The smallest absolute Gasteiger partial charge is 0.181 e. The minimum atomic E-state index is 0.693. The fourth-order valence-corrected chi connectivity index (χ4v) is 2.60. The molecule has 1 heterocycles. The third-order valence-electron chi connectivity index (χ3n) is 2.97. The topological polar surface area (TPSA) is 56.7 Å². The van der Waals surface area contributed by atoms with Crippen LogP contribution in [0.1, 0.15) is 0 Å². The molecule has 0 atom stereocenters. The second kappa shape index (κ2) is 5.09. The zero-order valence-electron chi connectivity index (χ0n) is 10.9. The summed E-state index contributed by atoms with van der Waals surface area (Å²) in [7, 11) is 1.88. The summed E-state index contributed by atoms with van der Waals surface area (Å²) in [6.45, 7) is 0. The Morgan fingerprint density at radius 3 is 2.50 bits per heavy atom. The first-order chi connectivity index (χ1) is 9.63. The van der Waals surface area contributed by atoms with Gasteiger partial charge in [0, 0.05) is 28.3 Å². The standard InChI is InChI=1S/C15H13BrN4/c1-20-15(11-7-12(16)9-13(17)8-11)18-14(19-20)10-5-3-2-4-6-10/h2-9H,17H2,1H3. The molecule has 100 valence electrons. The summed E-state index contributed by atoms with van der Waals surface area (Å²) in [5, 5.41) is 4.47. The van der Waals surface area contributed by atoms with Gasteiger partial charge in [0.05, 0.1) is 0 Å². The second-order valence-electron chi connectivity index (χ2n) is 4.52. The van der Waals surface area contributed by atoms with Gasteiger partial charge in [-0.15, -0.1) is 0 Å². The lowest BCUT2D eigenvalue weighted by Crippen LogP contribution is -1.95. The highest BCUT2D eigenvalue weighted by Crippen LogP contribution is 2.26. The van der Waals surface area contributed by atoms with Gasteiger partial charge in [0.1, 0.15) is 0 Å². The molecule has 2 N–H and O–H groups in total. The van der Waals surface area contributed by atoms with E-state index >= 15 is 0 Å². The molecular formula is C15H13BrN4. The Bertz CT molecular complexity index is 730. The van der Waals surface area contributed by atoms with Gasteiger partial charge in [0.25, 0.3) is 0 Å². The van der Waals surface area contributed by atoms with E-state index < -0.39 is 0 Å². The van der Waals surface area contributed by atoms with E-state index in [4.69, 9.17) is 5.73 Å². The van der Waals surface area contributed by atoms with Gasteiger partial charge < -0.3 is 5.73 Å². The molecule has 2 aromatic carbocycles. The summed E-state index contributed by atoms with van der Waals surface area (Å²) in [5.41, 5.74) is 8.51. The fraction of sp³-hybridized carbons (Fsp3) is 0.0667. The number of anilines is 1. The molecule has 3 aromatic rings. The van der Waals surface area contributed by atoms with Crippen molar-refractivity contribution in [2.24, 2.45) is 7.05 Å². The Balaban J connectivity index is 2.09. The molecule has 0 aliphatic heterocycles. The number of halogens is 1. The van der Waals surface area contributed by atoms with Gasteiger partial charge in [-0.2, -0.15) is 5.10 Å². The molecule has 5 heteroatoms. The highest BCUT2D eigenvalue weighted by atomic mass is 79.9. The number of aromatic nitrogens is 3. The first-order valence-electron chi connectivity index (χ1n) is 6.16. The lowest BCUT2D eigenvalue weighted by Gasteiger charge is -2.02. The SMILES string of the molecule is Cn1nc(-c2ccccc2)nc1-c1cc(N)cc(Br)c1. The molecule has 0 aliphatic carbocycles. The van der Waals surface area contributed by atoms with Crippen molar-refractivity contribution in [3.63, 3.8) is 0 Å². The largest absolute Gasteiger partial charge is 0.399 e. The number of hydrogen-bond donors (Lipinski definition) is 1. The monoisotopic (exact) mass is 328 g/mol. The summed E-state index contributed by atoms with van der Waals surface area (Å²) in [4.78, 5) is 4.61. The van der Waals surface area contributed by atoms with Crippen LogP contribution in [0.5, 0.6) is 0 Å². The molecule has 0 radical (unpaired) electrons. The first kappa shape index (κ1) is 12.9. The second-order valence-corrected chi connectivity index (χ2v) is 5.44. The zero-order chi connectivity index (χ0) is 14.1. The Labute approximate surface area is 125 Å². The van der Waals surface area contributed by atoms with Crippen molar-refractivity contribution in [2.45, 2.75) is 0 Å². The molecule has 0 saturated carbocycles. The van der Waals surface area contributed by atoms with Crippen LogP contribution < -0.4 is 5.73 Å². The summed E-state index contributed by atoms with van der Waals surface area (Å²) in [6.07, 6.45) is 0. The first-order valence-corrected chi connectivity index (χ1v) is 6.96. The molecular weight excluding hydrogens is 316 g/mol. The minimum Gasteiger partial charge on any atom is -0.399 e. The van der Waals surface area contributed by atoms with Crippen LogP contribution in [0.25, 0.3) is 22.8 Å². The molecule has 0 amide bonds. The van der Waals surface area contributed by atoms with E-state index in [2.05, 4.69) is 26.0 Å². The van der Waals surface area contributed by atoms with E-state index in [1.165, 1.54) is 0 Å². The summed E-state index contributed by atoms with van der Waals surface area (Å²) in [5.74, 6) is 1.50. The van der Waals surface area contributed by atoms with E-state index in [0.29, 0.717) is 11.5 Å². The molecule has 1 aromatic heterocycles. The van der Waals surface area contributed by atoms with Gasteiger partial charge >= 0.3 is 0 Å². The van der Waals surface area contributed by atoms with Crippen molar-refractivity contribution in [3.8, 4) is 22.8 Å². The Morgan fingerprint density at radius 1 is 1.05 bits per heavy atom. The summed E-state index contributed by atoms with van der Waals surface area (Å²) >= 11 is 3.45. The zero-order valence-corrected chi connectivity index (χ0v) is 12.5. The third kappa shape index (κ3) is 2.44. The third-order valence-corrected chi connectivity index (χ3v) is 3.43. The highest BCUT2D eigenvalue weighted by molar-refractivity contribution is 9.10. The maximum Gasteiger partial charge on any atom is 0.181 e. The number of rotatable bonds is 2. The normalized spacial score (nSPS) is 10.7. The van der Waals surface area contributed by atoms with Crippen molar-refractivity contribution < 1.29 is 0 Å². The van der Waals surface area contributed by atoms with Gasteiger partial charge in [-0.05, 0) is 18.2 Å². The van der Waals surface area contributed by atoms with E-state index in [-0.39, 0.29) is 0 Å². The number of nitrogens with two attached hydrogens (primary N) is 1. The molecule has 0 saturated heterocycles. The molecule has 0 aliphatic rings. The summed E-state index contributed by atoms with van der Waals surface area (Å²) < 4.78 is 2.69. The predicted molar refractivity (Wildman–Crippen MR) is 84.0 cm³/mol. The van der Waals surface area contributed by atoms with Gasteiger partial charge in [0.15, 0.2) is 11.6 Å². The van der Waals surface area contributed by atoms with Gasteiger partial charge in [-0.1, -0.05) is 46.3 Å². The average molecular weight is 329 g/mol. The molecule has 20 heavy (non-hydrogen) atoms. The van der Waals surface area contributed by atoms with Crippen molar-refractivity contribution in [2.75, 3.05) is 5.73 Å². The fourth-order valence-electron chi connectivity index (χ4n) is 2.09. The minimum absolute atomic E-state index is 0.693. The van der Waals surface area contributed by atoms with Crippen LogP contribution in [0.4, 0.5) is 5.69 Å². The number of nitrogens with zero attached hydrogens (tertiary/aromatic N) is 3. The number of benzene rings is 2. The predicted octanol–water partition coefficient (Wildman–Crippen LogP) is 3.49. The van der Waals surface area contributed by atoms with Crippen LogP contribution in [-0.4, -0.2) is 14.8 Å². The van der Waals surface area contributed by atoms with Gasteiger partial charge in [0.2, 0.25) is 0 Å². The summed E-state index contributed by atoms with van der Waals surface area (Å²) in [6, 6.07) is 15.6. The van der Waals surface area contributed by atoms with Gasteiger partial charge in [-0.25, -0.2) is 9.67 Å². The highest BCUT2D eigenvalue weighted by Gasteiger charge is 2.11. The number of aryl methyl sites for hydroxylation is 1. The molecule has 0 fully saturated rings. The molecule has 0 spiro atoms. The van der Waals surface area contributed by atoms with E-state index in [1.807, 2.05) is 55.6 Å². The number of hydrogen-bond acceptors (Lipinski definition) is 3. The molecule has 3 rings (SSSR count). The van der Waals surface area contributed by atoms with E-state index in [1.54, 1.807) is 4.68 Å². The Hall–Kier alpha value is -2.14. The molecule has 4 nitrogen and oxygen atoms in total. The van der Waals surface area contributed by atoms with Crippen molar-refractivity contribution >= 4 is 21.6 Å². The quantitative estimate of drug-likeness (QED) is 0.732. The average Bonchev–Trinajstić information content (AvgIpc) is 2.81. The lowest BCUT2D eigenvalue weighted by molar-refractivity contribution is 0.777. The van der Waals surface area contributed by atoms with Crippen LogP contribution >= 0.6 is 15.9 Å². The maximum atomic E-state index is 5.88. The molecule has 0 bridgehead atoms. The van der Waals surface area contributed by atoms with Crippen molar-refractivity contribution in [1.82, 2.24) is 14.8 Å². The Kier molecular flexibility index (Phi) is 3.28. The van der Waals surface area contributed by atoms with Crippen molar-refractivity contribution in [3.05, 3.63) is 53.0 Å². The van der Waals surface area contributed by atoms with Crippen LogP contribution in [-0.2, 0) is 7.05 Å².